The Morgan fingerprint density at radius 2 is 2.00 bits per heavy atom. The van der Waals surface area contributed by atoms with Crippen molar-refractivity contribution >= 4 is 17.5 Å². The van der Waals surface area contributed by atoms with Crippen LogP contribution in [0.2, 0.25) is 0 Å². The standard InChI is InChI=1S/C21H22N2O3/c1-3-13-23(14-12-16-8-5-4-6-9-16)21(25)17-10-7-11-18-19(17)26-15(2)20(24)22-18/h3-11,15H,1,12-14H2,2H3,(H,22,24). The maximum atomic E-state index is 13.1. The van der Waals surface area contributed by atoms with Crippen LogP contribution >= 0.6 is 0 Å². The minimum atomic E-state index is -0.631. The second-order valence-electron chi connectivity index (χ2n) is 6.21. The smallest absolute Gasteiger partial charge is 0.265 e. The number of anilines is 1. The van der Waals surface area contributed by atoms with Crippen molar-refractivity contribution in [3.63, 3.8) is 0 Å². The Morgan fingerprint density at radius 1 is 1.23 bits per heavy atom. The van der Waals surface area contributed by atoms with Crippen molar-refractivity contribution in [3.05, 3.63) is 72.3 Å². The molecule has 1 N–H and O–H groups in total. The number of nitrogens with one attached hydrogen (secondary N) is 1. The molecular weight excluding hydrogens is 328 g/mol. The number of benzene rings is 2. The van der Waals surface area contributed by atoms with E-state index in [0.717, 1.165) is 6.42 Å². The van der Waals surface area contributed by atoms with Crippen LogP contribution in [0.5, 0.6) is 5.75 Å². The van der Waals surface area contributed by atoms with E-state index in [0.29, 0.717) is 30.1 Å². The molecule has 26 heavy (non-hydrogen) atoms. The topological polar surface area (TPSA) is 58.6 Å². The number of para-hydroxylation sites is 1. The fraction of sp³-hybridized carbons (Fsp3) is 0.238. The van der Waals surface area contributed by atoms with Crippen molar-refractivity contribution in [1.82, 2.24) is 4.90 Å². The number of ether oxygens (including phenoxy) is 1. The molecule has 1 atom stereocenters. The Balaban J connectivity index is 1.82. The number of carbonyl (C=O) groups is 2. The third kappa shape index (κ3) is 3.77. The van der Waals surface area contributed by atoms with Gasteiger partial charge in [-0.05, 0) is 31.0 Å². The SMILES string of the molecule is C=CCN(CCc1ccccc1)C(=O)c1cccc2c1OC(C)C(=O)N2. The first-order valence-corrected chi connectivity index (χ1v) is 8.64. The third-order valence-electron chi connectivity index (χ3n) is 4.32. The quantitative estimate of drug-likeness (QED) is 0.814. The van der Waals surface area contributed by atoms with Gasteiger partial charge in [0.15, 0.2) is 11.9 Å². The summed E-state index contributed by atoms with van der Waals surface area (Å²) in [6, 6.07) is 15.2. The highest BCUT2D eigenvalue weighted by Gasteiger charge is 2.29. The largest absolute Gasteiger partial charge is 0.478 e. The molecule has 0 aromatic heterocycles. The zero-order valence-electron chi connectivity index (χ0n) is 14.8. The van der Waals surface area contributed by atoms with Gasteiger partial charge in [-0.1, -0.05) is 42.5 Å². The summed E-state index contributed by atoms with van der Waals surface area (Å²) in [5.74, 6) is 0.0773. The molecule has 0 aliphatic carbocycles. The van der Waals surface area contributed by atoms with E-state index in [1.165, 1.54) is 5.56 Å². The molecule has 0 saturated heterocycles. The first kappa shape index (κ1) is 17.7. The normalized spacial score (nSPS) is 15.4. The predicted molar refractivity (Wildman–Crippen MR) is 101 cm³/mol. The summed E-state index contributed by atoms with van der Waals surface area (Å²) in [7, 11) is 0. The van der Waals surface area contributed by atoms with E-state index >= 15 is 0 Å². The van der Waals surface area contributed by atoms with Crippen LogP contribution in [-0.2, 0) is 11.2 Å². The second kappa shape index (κ2) is 7.87. The number of hydrogen-bond donors (Lipinski definition) is 1. The summed E-state index contributed by atoms with van der Waals surface area (Å²) in [4.78, 5) is 26.6. The lowest BCUT2D eigenvalue weighted by Crippen LogP contribution is -2.37. The van der Waals surface area contributed by atoms with Gasteiger partial charge >= 0.3 is 0 Å². The average Bonchev–Trinajstić information content (AvgIpc) is 2.66. The maximum absolute atomic E-state index is 13.1. The van der Waals surface area contributed by atoms with Gasteiger partial charge in [0.2, 0.25) is 0 Å². The Morgan fingerprint density at radius 3 is 2.73 bits per heavy atom. The molecule has 3 rings (SSSR count). The molecule has 1 aliphatic rings. The van der Waals surface area contributed by atoms with Crippen LogP contribution in [0, 0.1) is 0 Å². The van der Waals surface area contributed by atoms with Crippen LogP contribution in [-0.4, -0.2) is 35.9 Å². The highest BCUT2D eigenvalue weighted by molar-refractivity contribution is 6.04. The summed E-state index contributed by atoms with van der Waals surface area (Å²) < 4.78 is 5.70. The Labute approximate surface area is 153 Å². The van der Waals surface area contributed by atoms with Gasteiger partial charge in [0.1, 0.15) is 0 Å². The minimum Gasteiger partial charge on any atom is -0.478 e. The van der Waals surface area contributed by atoms with Gasteiger partial charge in [-0.3, -0.25) is 9.59 Å². The monoisotopic (exact) mass is 350 g/mol. The molecule has 0 bridgehead atoms. The zero-order chi connectivity index (χ0) is 18.5. The molecular formula is C21H22N2O3. The first-order chi connectivity index (χ1) is 12.6. The van der Waals surface area contributed by atoms with Crippen molar-refractivity contribution in [1.29, 1.82) is 0 Å². The molecule has 0 saturated carbocycles. The lowest BCUT2D eigenvalue weighted by Gasteiger charge is -2.27. The van der Waals surface area contributed by atoms with E-state index in [-0.39, 0.29) is 11.8 Å². The van der Waals surface area contributed by atoms with E-state index in [4.69, 9.17) is 4.74 Å². The van der Waals surface area contributed by atoms with Gasteiger partial charge < -0.3 is 15.0 Å². The molecule has 2 aromatic rings. The lowest BCUT2D eigenvalue weighted by molar-refractivity contribution is -0.122. The van der Waals surface area contributed by atoms with E-state index in [2.05, 4.69) is 11.9 Å². The molecule has 5 nitrogen and oxygen atoms in total. The Hall–Kier alpha value is -3.08. The van der Waals surface area contributed by atoms with E-state index in [1.54, 1.807) is 36.1 Å². The Kier molecular flexibility index (Phi) is 5.37. The summed E-state index contributed by atoms with van der Waals surface area (Å²) >= 11 is 0. The number of fused-ring (bicyclic) bond motifs is 1. The number of carbonyl (C=O) groups excluding carboxylic acids is 2. The van der Waals surface area contributed by atoms with Gasteiger partial charge in [0.05, 0.1) is 11.3 Å². The molecule has 0 spiro atoms. The van der Waals surface area contributed by atoms with E-state index in [1.807, 2.05) is 30.3 Å². The molecule has 1 aliphatic heterocycles. The van der Waals surface area contributed by atoms with Gasteiger partial charge in [0, 0.05) is 13.1 Å². The number of amides is 2. The molecule has 134 valence electrons. The van der Waals surface area contributed by atoms with Gasteiger partial charge in [-0.15, -0.1) is 6.58 Å². The van der Waals surface area contributed by atoms with Gasteiger partial charge in [-0.25, -0.2) is 0 Å². The highest BCUT2D eigenvalue weighted by atomic mass is 16.5. The van der Waals surface area contributed by atoms with Gasteiger partial charge in [0.25, 0.3) is 11.8 Å². The van der Waals surface area contributed by atoms with Crippen LogP contribution in [0.3, 0.4) is 0 Å². The molecule has 0 fully saturated rings. The van der Waals surface area contributed by atoms with Crippen LogP contribution in [0.15, 0.2) is 61.2 Å². The van der Waals surface area contributed by atoms with Crippen molar-refractivity contribution < 1.29 is 14.3 Å². The van der Waals surface area contributed by atoms with Crippen LogP contribution < -0.4 is 10.1 Å². The molecule has 2 amide bonds. The summed E-state index contributed by atoms with van der Waals surface area (Å²) in [6.07, 6.45) is 1.83. The Bertz CT molecular complexity index is 817. The molecule has 5 heteroatoms. The summed E-state index contributed by atoms with van der Waals surface area (Å²) in [6.45, 7) is 6.43. The average molecular weight is 350 g/mol. The van der Waals surface area contributed by atoms with E-state index < -0.39 is 6.10 Å². The predicted octanol–water partition coefficient (Wildman–Crippen LogP) is 3.28. The lowest BCUT2D eigenvalue weighted by atomic mass is 10.1. The van der Waals surface area contributed by atoms with Crippen LogP contribution in [0.25, 0.3) is 0 Å². The molecule has 0 radical (unpaired) electrons. The van der Waals surface area contributed by atoms with E-state index in [9.17, 15) is 9.59 Å². The molecule has 2 aromatic carbocycles. The summed E-state index contributed by atoms with van der Waals surface area (Å²) in [5, 5.41) is 2.78. The number of hydrogen-bond acceptors (Lipinski definition) is 3. The fourth-order valence-corrected chi connectivity index (χ4v) is 2.91. The van der Waals surface area contributed by atoms with Crippen molar-refractivity contribution in [2.24, 2.45) is 0 Å². The third-order valence-corrected chi connectivity index (χ3v) is 4.32. The van der Waals surface area contributed by atoms with Crippen LogP contribution in [0.4, 0.5) is 5.69 Å². The van der Waals surface area contributed by atoms with Gasteiger partial charge in [-0.2, -0.15) is 0 Å². The van der Waals surface area contributed by atoms with Crippen molar-refractivity contribution in [2.75, 3.05) is 18.4 Å². The van der Waals surface area contributed by atoms with Crippen molar-refractivity contribution in [3.8, 4) is 5.75 Å². The zero-order valence-corrected chi connectivity index (χ0v) is 14.8. The van der Waals surface area contributed by atoms with Crippen LogP contribution in [0.1, 0.15) is 22.8 Å². The summed E-state index contributed by atoms with van der Waals surface area (Å²) in [5.41, 5.74) is 2.14. The molecule has 1 unspecified atom stereocenters. The maximum Gasteiger partial charge on any atom is 0.265 e. The second-order valence-corrected chi connectivity index (χ2v) is 6.21. The number of rotatable bonds is 6. The number of nitrogens with zero attached hydrogens (tertiary/aromatic N) is 1. The highest BCUT2D eigenvalue weighted by Crippen LogP contribution is 2.34. The fourth-order valence-electron chi connectivity index (χ4n) is 2.91. The molecule has 1 heterocycles. The first-order valence-electron chi connectivity index (χ1n) is 8.64. The minimum absolute atomic E-state index is 0.138. The van der Waals surface area contributed by atoms with Crippen molar-refractivity contribution in [2.45, 2.75) is 19.4 Å².